The molecule has 0 aliphatic carbocycles. The molecule has 208 valence electrons. The van der Waals surface area contributed by atoms with E-state index in [1.165, 1.54) is 4.85 Å². The topological polar surface area (TPSA) is 101 Å². The fourth-order valence-corrected chi connectivity index (χ4v) is 6.07. The molecule has 0 saturated carbocycles. The van der Waals surface area contributed by atoms with Gasteiger partial charge in [0.05, 0.1) is 0 Å². The van der Waals surface area contributed by atoms with Crippen LogP contribution in [0, 0.1) is 0 Å². The first-order valence-electron chi connectivity index (χ1n) is 10.2. The number of nitrogens with zero attached hydrogens (tertiary/aromatic N) is 9. The molecule has 2 aromatic carbocycles. The van der Waals surface area contributed by atoms with Crippen LogP contribution in [0.2, 0.25) is 0 Å². The van der Waals surface area contributed by atoms with E-state index in [4.69, 9.17) is 9.83 Å². The maximum Gasteiger partial charge on any atom is 0.130 e. The predicted octanol–water partition coefficient (Wildman–Crippen LogP) is 5.27. The molecule has 0 aliphatic heterocycles. The molecule has 1 N–H and O–H groups in total. The Kier molecular flexibility index (Phi) is 8.33. The van der Waals surface area contributed by atoms with Crippen LogP contribution < -0.4 is 4.62 Å². The molecule has 2 aromatic heterocycles. The number of para-hydroxylation sites is 2. The van der Waals surface area contributed by atoms with Gasteiger partial charge in [-0.1, -0.05) is 29.1 Å². The Hall–Kier alpha value is -2.84. The molecule has 0 amide bonds. The Morgan fingerprint density at radius 1 is 0.703 bits per heavy atom. The number of aromatic nitrogens is 6. The van der Waals surface area contributed by atoms with Crippen LogP contribution in [0.5, 0.6) is 0 Å². The van der Waals surface area contributed by atoms with Gasteiger partial charge in [-0.3, -0.25) is 0 Å². The van der Waals surface area contributed by atoms with E-state index in [1.54, 1.807) is 12.1 Å². The minimum Gasteiger partial charge on any atom is -0.410 e. The van der Waals surface area contributed by atoms with E-state index in [0.29, 0.717) is 11.0 Å². The molecule has 4 rings (SSSR count). The number of halogens is 6. The van der Waals surface area contributed by atoms with E-state index in [1.807, 2.05) is 78.7 Å². The van der Waals surface area contributed by atoms with Gasteiger partial charge in [-0.05, 0) is 39.5 Å². The van der Waals surface area contributed by atoms with Gasteiger partial charge in [0.2, 0.25) is 0 Å². The average molecular weight is 577 g/mol. The summed E-state index contributed by atoms with van der Waals surface area (Å²) in [6, 6.07) is 15.0. The standard InChI is InChI=1S/C12H22N6OP.C6H5N3O.F6P/c1-15(2)20(16(3)4,17(5)6)19-18-12-10-8-7-9-11(12)13-14-18;10-9-6-4-2-1-3-5(6)7-8-9;1-7(2,3,4,5)6/h7-10H,1-6H3;1-4,10H;/q+1;;-1. The van der Waals surface area contributed by atoms with Crippen LogP contribution in [0.15, 0.2) is 48.5 Å². The van der Waals surface area contributed by atoms with E-state index in [0.717, 1.165) is 15.9 Å². The van der Waals surface area contributed by atoms with Crippen molar-refractivity contribution < 1.29 is 35.0 Å². The normalized spacial score (nSPS) is 14.1. The molecule has 19 heteroatoms. The van der Waals surface area contributed by atoms with Gasteiger partial charge in [0.1, 0.15) is 22.1 Å². The minimum absolute atomic E-state index is 0.627. The molecule has 4 aromatic rings. The molecule has 2 heterocycles. The van der Waals surface area contributed by atoms with Gasteiger partial charge in [-0.2, -0.15) is 4.62 Å². The van der Waals surface area contributed by atoms with Crippen molar-refractivity contribution in [2.45, 2.75) is 0 Å². The predicted molar refractivity (Wildman–Crippen MR) is 130 cm³/mol. The van der Waals surface area contributed by atoms with Crippen molar-refractivity contribution in [3.05, 3.63) is 48.5 Å². The molecule has 0 spiro atoms. The van der Waals surface area contributed by atoms with Crippen LogP contribution in [0.4, 0.5) is 25.2 Å². The van der Waals surface area contributed by atoms with Crippen molar-refractivity contribution in [3.63, 3.8) is 0 Å². The summed E-state index contributed by atoms with van der Waals surface area (Å²) in [6.07, 6.45) is 0. The first kappa shape index (κ1) is 30.4. The Morgan fingerprint density at radius 3 is 1.51 bits per heavy atom. The van der Waals surface area contributed by atoms with Crippen LogP contribution >= 0.6 is 15.8 Å². The molecule has 0 aliphatic rings. The minimum atomic E-state index is -10.7. The summed E-state index contributed by atoms with van der Waals surface area (Å²) in [5.74, 6) is 0. The summed E-state index contributed by atoms with van der Waals surface area (Å²) in [5.41, 5.74) is 3.01. The quantitative estimate of drug-likeness (QED) is 0.193. The SMILES string of the molecule is CN(C)[P+](On1nnc2ccccc21)(N(C)C)N(C)C.F[P-](F)(F)(F)(F)F.On1nnc2ccccc21. The van der Waals surface area contributed by atoms with Gasteiger partial charge in [0.15, 0.2) is 0 Å². The number of hydrogen-bond acceptors (Lipinski definition) is 9. The third kappa shape index (κ3) is 8.90. The van der Waals surface area contributed by atoms with E-state index < -0.39 is 15.8 Å². The smallest absolute Gasteiger partial charge is 0.130 e. The van der Waals surface area contributed by atoms with Crippen molar-refractivity contribution in [1.29, 1.82) is 0 Å². The molecular weight excluding hydrogens is 550 g/mol. The summed E-state index contributed by atoms with van der Waals surface area (Å²) in [5, 5.41) is 24.3. The third-order valence-corrected chi connectivity index (χ3v) is 7.91. The van der Waals surface area contributed by atoms with Gasteiger partial charge < -0.3 is 5.21 Å². The summed E-state index contributed by atoms with van der Waals surface area (Å²) < 4.78 is 71.7. The van der Waals surface area contributed by atoms with Crippen molar-refractivity contribution in [2.24, 2.45) is 0 Å². The van der Waals surface area contributed by atoms with E-state index in [2.05, 4.69) is 34.6 Å². The third-order valence-electron chi connectivity index (χ3n) is 4.41. The zero-order valence-corrected chi connectivity index (χ0v) is 22.5. The van der Waals surface area contributed by atoms with Crippen LogP contribution in [-0.2, 0) is 0 Å². The number of benzene rings is 2. The fraction of sp³-hybridized carbons (Fsp3) is 0.333. The van der Waals surface area contributed by atoms with Gasteiger partial charge in [0.25, 0.3) is 0 Å². The maximum absolute atomic E-state index is 10.7. The summed E-state index contributed by atoms with van der Waals surface area (Å²) >= 11 is 0. The van der Waals surface area contributed by atoms with Crippen LogP contribution in [0.3, 0.4) is 0 Å². The van der Waals surface area contributed by atoms with Crippen LogP contribution in [0.25, 0.3) is 22.1 Å². The molecular formula is C18H27F6N9O2P2. The monoisotopic (exact) mass is 577 g/mol. The Morgan fingerprint density at radius 2 is 1.08 bits per heavy atom. The zero-order valence-electron chi connectivity index (χ0n) is 20.7. The number of hydrogen-bond donors (Lipinski definition) is 1. The van der Waals surface area contributed by atoms with Gasteiger partial charge >= 0.3 is 40.9 Å². The van der Waals surface area contributed by atoms with E-state index >= 15 is 0 Å². The zero-order chi connectivity index (χ0) is 28.3. The average Bonchev–Trinajstić information content (AvgIpc) is 3.33. The largest absolute Gasteiger partial charge is 0.410 e. The van der Waals surface area contributed by atoms with Crippen molar-refractivity contribution in [3.8, 4) is 0 Å². The number of fused-ring (bicyclic) bond motifs is 2. The van der Waals surface area contributed by atoms with Crippen molar-refractivity contribution in [2.75, 3.05) is 42.3 Å². The van der Waals surface area contributed by atoms with Crippen molar-refractivity contribution >= 4 is 37.8 Å². The molecule has 0 unspecified atom stereocenters. The Bertz CT molecular complexity index is 1300. The molecule has 0 bridgehead atoms. The van der Waals surface area contributed by atoms with Gasteiger partial charge in [-0.25, -0.2) is 0 Å². The second kappa shape index (κ2) is 10.1. The summed E-state index contributed by atoms with van der Waals surface area (Å²) in [4.78, 5) is 2.28. The van der Waals surface area contributed by atoms with Crippen LogP contribution in [-0.4, -0.2) is 91.8 Å². The molecule has 37 heavy (non-hydrogen) atoms. The molecule has 11 nitrogen and oxygen atoms in total. The second-order valence-electron chi connectivity index (χ2n) is 8.01. The van der Waals surface area contributed by atoms with Gasteiger partial charge in [-0.15, -0.1) is 24.2 Å². The van der Waals surface area contributed by atoms with E-state index in [-0.39, 0.29) is 0 Å². The van der Waals surface area contributed by atoms with Gasteiger partial charge in [0, 0.05) is 42.3 Å². The second-order valence-corrected chi connectivity index (χ2v) is 13.5. The van der Waals surface area contributed by atoms with Crippen LogP contribution in [0.1, 0.15) is 0 Å². The Labute approximate surface area is 208 Å². The molecule has 0 atom stereocenters. The maximum atomic E-state index is 9.87. The summed E-state index contributed by atoms with van der Waals surface area (Å²) in [6.45, 7) is 0. The first-order valence-corrected chi connectivity index (χ1v) is 13.8. The first-order chi connectivity index (χ1) is 16.7. The Balaban J connectivity index is 0.000000233. The van der Waals surface area contributed by atoms with Crippen molar-refractivity contribution in [1.82, 2.24) is 44.3 Å². The molecule has 0 fully saturated rings. The fourth-order valence-electron chi connectivity index (χ4n) is 3.16. The molecule has 0 saturated heterocycles. The summed E-state index contributed by atoms with van der Waals surface area (Å²) in [7, 11) is -0.761. The van der Waals surface area contributed by atoms with E-state index in [9.17, 15) is 25.2 Å². The number of rotatable bonds is 5. The molecule has 0 radical (unpaired) electrons.